The van der Waals surface area contributed by atoms with Gasteiger partial charge in [0.05, 0.1) is 0 Å². The standard InChI is InChI=1S/C11H18N2O/c1-3-13-9-10(5-4-8-12-2)6-7-11(13)14/h6-7,9,12H,3-5,8H2,1-2H3. The Morgan fingerprint density at radius 2 is 2.21 bits per heavy atom. The van der Waals surface area contributed by atoms with Gasteiger partial charge in [-0.1, -0.05) is 6.07 Å². The molecule has 0 fully saturated rings. The largest absolute Gasteiger partial charge is 0.320 e. The van der Waals surface area contributed by atoms with Crippen molar-refractivity contribution < 1.29 is 0 Å². The average molecular weight is 194 g/mol. The Hall–Kier alpha value is -1.09. The maximum Gasteiger partial charge on any atom is 0.250 e. The van der Waals surface area contributed by atoms with Gasteiger partial charge in [-0.05, 0) is 38.9 Å². The second-order valence-electron chi connectivity index (χ2n) is 3.37. The maximum atomic E-state index is 11.3. The number of aryl methyl sites for hydroxylation is 2. The Bertz CT molecular complexity index is 330. The van der Waals surface area contributed by atoms with Crippen molar-refractivity contribution in [1.82, 2.24) is 9.88 Å². The van der Waals surface area contributed by atoms with E-state index in [9.17, 15) is 4.79 Å². The highest BCUT2D eigenvalue weighted by atomic mass is 16.1. The first kappa shape index (κ1) is 11.0. The van der Waals surface area contributed by atoms with Crippen LogP contribution in [0.4, 0.5) is 0 Å². The van der Waals surface area contributed by atoms with E-state index in [0.717, 1.165) is 25.9 Å². The molecule has 1 N–H and O–H groups in total. The zero-order chi connectivity index (χ0) is 10.4. The van der Waals surface area contributed by atoms with Crippen LogP contribution in [-0.2, 0) is 13.0 Å². The van der Waals surface area contributed by atoms with Gasteiger partial charge in [0, 0.05) is 18.8 Å². The van der Waals surface area contributed by atoms with Crippen LogP contribution in [0.1, 0.15) is 18.9 Å². The lowest BCUT2D eigenvalue weighted by atomic mass is 10.1. The monoisotopic (exact) mass is 194 g/mol. The van der Waals surface area contributed by atoms with Crippen molar-refractivity contribution in [3.8, 4) is 0 Å². The summed E-state index contributed by atoms with van der Waals surface area (Å²) in [4.78, 5) is 11.3. The van der Waals surface area contributed by atoms with E-state index >= 15 is 0 Å². The van der Waals surface area contributed by atoms with Gasteiger partial charge in [0.25, 0.3) is 5.56 Å². The molecular weight excluding hydrogens is 176 g/mol. The molecule has 0 aliphatic rings. The van der Waals surface area contributed by atoms with Gasteiger partial charge in [0.1, 0.15) is 0 Å². The first-order valence-electron chi connectivity index (χ1n) is 5.12. The van der Waals surface area contributed by atoms with Crippen molar-refractivity contribution in [3.05, 3.63) is 34.2 Å². The molecule has 3 heteroatoms. The lowest BCUT2D eigenvalue weighted by Crippen LogP contribution is -2.18. The van der Waals surface area contributed by atoms with Crippen LogP contribution in [0.15, 0.2) is 23.1 Å². The van der Waals surface area contributed by atoms with Crippen LogP contribution in [0.3, 0.4) is 0 Å². The van der Waals surface area contributed by atoms with Crippen molar-refractivity contribution in [2.24, 2.45) is 0 Å². The van der Waals surface area contributed by atoms with Gasteiger partial charge in [0.2, 0.25) is 0 Å². The van der Waals surface area contributed by atoms with E-state index < -0.39 is 0 Å². The summed E-state index contributed by atoms with van der Waals surface area (Å²) in [7, 11) is 1.95. The third-order valence-electron chi connectivity index (χ3n) is 2.28. The van der Waals surface area contributed by atoms with Gasteiger partial charge < -0.3 is 9.88 Å². The lowest BCUT2D eigenvalue weighted by molar-refractivity contribution is 0.693. The maximum absolute atomic E-state index is 11.3. The highest BCUT2D eigenvalue weighted by Crippen LogP contribution is 1.99. The van der Waals surface area contributed by atoms with Crippen molar-refractivity contribution in [2.75, 3.05) is 13.6 Å². The fourth-order valence-corrected chi connectivity index (χ4v) is 1.45. The molecule has 1 rings (SSSR count). The molecule has 3 nitrogen and oxygen atoms in total. The van der Waals surface area contributed by atoms with E-state index in [2.05, 4.69) is 5.32 Å². The fourth-order valence-electron chi connectivity index (χ4n) is 1.45. The minimum absolute atomic E-state index is 0.0878. The molecule has 1 aromatic heterocycles. The second kappa shape index (κ2) is 5.60. The Labute approximate surface area is 84.8 Å². The molecule has 0 saturated carbocycles. The molecule has 0 saturated heterocycles. The van der Waals surface area contributed by atoms with E-state index in [4.69, 9.17) is 0 Å². The van der Waals surface area contributed by atoms with E-state index in [0.29, 0.717) is 0 Å². The number of rotatable bonds is 5. The molecule has 0 unspecified atom stereocenters. The minimum atomic E-state index is 0.0878. The molecular formula is C11H18N2O. The second-order valence-corrected chi connectivity index (χ2v) is 3.37. The Morgan fingerprint density at radius 1 is 1.43 bits per heavy atom. The zero-order valence-corrected chi connectivity index (χ0v) is 8.92. The van der Waals surface area contributed by atoms with E-state index in [1.807, 2.05) is 26.2 Å². The SMILES string of the molecule is CCn1cc(CCCNC)ccc1=O. The molecule has 0 bridgehead atoms. The lowest BCUT2D eigenvalue weighted by Gasteiger charge is -2.05. The number of nitrogens with zero attached hydrogens (tertiary/aromatic N) is 1. The van der Waals surface area contributed by atoms with Gasteiger partial charge in [-0.3, -0.25) is 4.79 Å². The number of hydrogen-bond donors (Lipinski definition) is 1. The van der Waals surface area contributed by atoms with Crippen LogP contribution in [0.5, 0.6) is 0 Å². The predicted octanol–water partition coefficient (Wildman–Crippen LogP) is 1.02. The van der Waals surface area contributed by atoms with Crippen LogP contribution in [0, 0.1) is 0 Å². The summed E-state index contributed by atoms with van der Waals surface area (Å²) in [6.07, 6.45) is 4.09. The van der Waals surface area contributed by atoms with E-state index in [1.165, 1.54) is 5.56 Å². The number of pyridine rings is 1. The highest BCUT2D eigenvalue weighted by molar-refractivity contribution is 5.10. The summed E-state index contributed by atoms with van der Waals surface area (Å²) < 4.78 is 1.74. The summed E-state index contributed by atoms with van der Waals surface area (Å²) in [5.74, 6) is 0. The predicted molar refractivity (Wildman–Crippen MR) is 58.6 cm³/mol. The van der Waals surface area contributed by atoms with Gasteiger partial charge in [0.15, 0.2) is 0 Å². The van der Waals surface area contributed by atoms with Gasteiger partial charge in [-0.25, -0.2) is 0 Å². The summed E-state index contributed by atoms with van der Waals surface area (Å²) in [6, 6.07) is 3.57. The average Bonchev–Trinajstić information content (AvgIpc) is 2.21. The number of hydrogen-bond acceptors (Lipinski definition) is 2. The summed E-state index contributed by atoms with van der Waals surface area (Å²) >= 11 is 0. The normalized spacial score (nSPS) is 10.4. The molecule has 0 radical (unpaired) electrons. The van der Waals surface area contributed by atoms with Crippen molar-refractivity contribution >= 4 is 0 Å². The van der Waals surface area contributed by atoms with E-state index in [1.54, 1.807) is 10.6 Å². The molecule has 0 aliphatic heterocycles. The fraction of sp³-hybridized carbons (Fsp3) is 0.545. The Balaban J connectivity index is 2.65. The zero-order valence-electron chi connectivity index (χ0n) is 8.92. The van der Waals surface area contributed by atoms with Crippen LogP contribution >= 0.6 is 0 Å². The Kier molecular flexibility index (Phi) is 4.40. The highest BCUT2D eigenvalue weighted by Gasteiger charge is 1.96. The van der Waals surface area contributed by atoms with Crippen LogP contribution in [0.25, 0.3) is 0 Å². The number of nitrogens with one attached hydrogen (secondary N) is 1. The minimum Gasteiger partial charge on any atom is -0.320 e. The quantitative estimate of drug-likeness (QED) is 0.710. The van der Waals surface area contributed by atoms with Crippen LogP contribution < -0.4 is 10.9 Å². The first-order valence-corrected chi connectivity index (χ1v) is 5.12. The van der Waals surface area contributed by atoms with Gasteiger partial charge >= 0.3 is 0 Å². The molecule has 1 heterocycles. The van der Waals surface area contributed by atoms with Gasteiger partial charge in [-0.2, -0.15) is 0 Å². The molecule has 1 aromatic rings. The third kappa shape index (κ3) is 3.00. The van der Waals surface area contributed by atoms with Crippen molar-refractivity contribution in [2.45, 2.75) is 26.3 Å². The summed E-state index contributed by atoms with van der Waals surface area (Å²) in [5.41, 5.74) is 1.33. The molecule has 0 amide bonds. The Morgan fingerprint density at radius 3 is 2.86 bits per heavy atom. The van der Waals surface area contributed by atoms with E-state index in [-0.39, 0.29) is 5.56 Å². The summed E-state index contributed by atoms with van der Waals surface area (Å²) in [5, 5.41) is 3.11. The molecule has 78 valence electrons. The topological polar surface area (TPSA) is 34.0 Å². The smallest absolute Gasteiger partial charge is 0.250 e. The number of aromatic nitrogens is 1. The van der Waals surface area contributed by atoms with Crippen LogP contribution in [0.2, 0.25) is 0 Å². The van der Waals surface area contributed by atoms with Crippen LogP contribution in [-0.4, -0.2) is 18.2 Å². The van der Waals surface area contributed by atoms with Crippen molar-refractivity contribution in [3.63, 3.8) is 0 Å². The molecule has 14 heavy (non-hydrogen) atoms. The summed E-state index contributed by atoms with van der Waals surface area (Å²) in [6.45, 7) is 3.75. The molecule has 0 aliphatic carbocycles. The third-order valence-corrected chi connectivity index (χ3v) is 2.28. The molecule has 0 atom stereocenters. The first-order chi connectivity index (χ1) is 6.77. The van der Waals surface area contributed by atoms with Gasteiger partial charge in [-0.15, -0.1) is 0 Å². The molecule has 0 spiro atoms. The van der Waals surface area contributed by atoms with Crippen molar-refractivity contribution in [1.29, 1.82) is 0 Å². The molecule has 0 aromatic carbocycles.